The van der Waals surface area contributed by atoms with Gasteiger partial charge in [-0.25, -0.2) is 0 Å². The summed E-state index contributed by atoms with van der Waals surface area (Å²) in [5.74, 6) is 0.749. The average molecular weight is 231 g/mol. The SMILES string of the molecule is CO[Si](CCCCl)(SC)SC. The van der Waals surface area contributed by atoms with Crippen LogP contribution in [0.25, 0.3) is 0 Å². The van der Waals surface area contributed by atoms with Crippen LogP contribution in [0.5, 0.6) is 0 Å². The molecule has 11 heavy (non-hydrogen) atoms. The van der Waals surface area contributed by atoms with Crippen molar-refractivity contribution in [2.45, 2.75) is 12.5 Å². The summed E-state index contributed by atoms with van der Waals surface area (Å²) in [4.78, 5) is 0. The quantitative estimate of drug-likeness (QED) is 0.513. The number of halogens is 1. The van der Waals surface area contributed by atoms with Crippen molar-refractivity contribution in [2.75, 3.05) is 25.5 Å². The molecule has 0 atom stereocenters. The lowest BCUT2D eigenvalue weighted by molar-refractivity contribution is 0.429. The highest BCUT2D eigenvalue weighted by Gasteiger charge is 2.31. The zero-order valence-electron chi connectivity index (χ0n) is 7.22. The Morgan fingerprint density at radius 2 is 1.91 bits per heavy atom. The molecule has 0 radical (unpaired) electrons. The summed E-state index contributed by atoms with van der Waals surface area (Å²) in [6.07, 6.45) is 5.32. The predicted octanol–water partition coefficient (Wildman–Crippen LogP) is 2.93. The first-order valence-electron chi connectivity index (χ1n) is 3.46. The van der Waals surface area contributed by atoms with Crippen LogP contribution in [0.2, 0.25) is 6.04 Å². The minimum Gasteiger partial charge on any atom is -0.402 e. The first-order valence-corrected chi connectivity index (χ1v) is 10.0. The molecule has 0 aliphatic heterocycles. The molecule has 0 bridgehead atoms. The van der Waals surface area contributed by atoms with E-state index in [2.05, 4.69) is 12.5 Å². The van der Waals surface area contributed by atoms with Crippen LogP contribution in [0, 0.1) is 0 Å². The Hall–Kier alpha value is 1.17. The van der Waals surface area contributed by atoms with E-state index in [1.807, 2.05) is 29.5 Å². The Morgan fingerprint density at radius 1 is 1.36 bits per heavy atom. The summed E-state index contributed by atoms with van der Waals surface area (Å²) >= 11 is 9.38. The lowest BCUT2D eigenvalue weighted by Gasteiger charge is -2.24. The minimum absolute atomic E-state index is 0.749. The van der Waals surface area contributed by atoms with Gasteiger partial charge < -0.3 is 4.43 Å². The first kappa shape index (κ1) is 12.2. The molecule has 68 valence electrons. The minimum atomic E-state index is -1.49. The summed E-state index contributed by atoms with van der Waals surface area (Å²) < 4.78 is 5.54. The molecule has 0 spiro atoms. The Morgan fingerprint density at radius 3 is 2.18 bits per heavy atom. The molecule has 0 rings (SSSR count). The maximum atomic E-state index is 5.63. The Labute approximate surface area is 83.0 Å². The van der Waals surface area contributed by atoms with Crippen molar-refractivity contribution in [3.8, 4) is 0 Å². The van der Waals surface area contributed by atoms with E-state index in [0.29, 0.717) is 0 Å². The van der Waals surface area contributed by atoms with E-state index in [0.717, 1.165) is 18.3 Å². The molecule has 0 heterocycles. The van der Waals surface area contributed by atoms with Crippen molar-refractivity contribution in [3.63, 3.8) is 0 Å². The summed E-state index contributed by atoms with van der Waals surface area (Å²) in [5, 5.41) is 0. The largest absolute Gasteiger partial charge is 0.402 e. The molecule has 1 nitrogen and oxygen atoms in total. The number of hydrogen-bond acceptors (Lipinski definition) is 3. The monoisotopic (exact) mass is 230 g/mol. The fourth-order valence-electron chi connectivity index (χ4n) is 0.840. The molecule has 0 aliphatic rings. The third-order valence-corrected chi connectivity index (χ3v) is 13.6. The van der Waals surface area contributed by atoms with Gasteiger partial charge in [0.1, 0.15) is 0 Å². The molecule has 0 fully saturated rings. The Balaban J connectivity index is 3.84. The zero-order valence-corrected chi connectivity index (χ0v) is 10.6. The molecule has 0 aromatic carbocycles. The van der Waals surface area contributed by atoms with Gasteiger partial charge in [0.15, 0.2) is 0 Å². The molecule has 0 aromatic rings. The second-order valence-electron chi connectivity index (χ2n) is 2.09. The van der Waals surface area contributed by atoms with E-state index in [9.17, 15) is 0 Å². The fraction of sp³-hybridized carbons (Fsp3) is 1.00. The van der Waals surface area contributed by atoms with Crippen molar-refractivity contribution < 1.29 is 4.43 Å². The van der Waals surface area contributed by atoms with E-state index < -0.39 is 6.62 Å². The lowest BCUT2D eigenvalue weighted by Crippen LogP contribution is -2.28. The van der Waals surface area contributed by atoms with Gasteiger partial charge in [0.2, 0.25) is 0 Å². The van der Waals surface area contributed by atoms with Crippen molar-refractivity contribution in [1.29, 1.82) is 0 Å². The van der Waals surface area contributed by atoms with E-state index in [1.165, 1.54) is 0 Å². The van der Waals surface area contributed by atoms with Crippen LogP contribution >= 0.6 is 34.0 Å². The standard InChI is InChI=1S/C6H15ClOS2Si/c1-8-11(9-2,10-3)6-4-5-7/h4-6H2,1-3H3. The normalized spacial score (nSPS) is 12.0. The van der Waals surface area contributed by atoms with Crippen LogP contribution in [0.4, 0.5) is 0 Å². The van der Waals surface area contributed by atoms with Gasteiger partial charge in [-0.2, -0.15) is 0 Å². The molecule has 0 aromatic heterocycles. The van der Waals surface area contributed by atoms with E-state index in [-0.39, 0.29) is 0 Å². The highest BCUT2D eigenvalue weighted by Crippen LogP contribution is 2.34. The topological polar surface area (TPSA) is 9.23 Å². The van der Waals surface area contributed by atoms with Gasteiger partial charge >= 0.3 is 6.62 Å². The second-order valence-corrected chi connectivity index (χ2v) is 12.7. The summed E-state index contributed by atoms with van der Waals surface area (Å²) in [6, 6.07) is 1.15. The van der Waals surface area contributed by atoms with E-state index >= 15 is 0 Å². The number of hydrogen-bond donors (Lipinski definition) is 0. The van der Waals surface area contributed by atoms with Crippen molar-refractivity contribution in [1.82, 2.24) is 0 Å². The van der Waals surface area contributed by atoms with Crippen LogP contribution in [0.1, 0.15) is 6.42 Å². The lowest BCUT2D eigenvalue weighted by atomic mass is 10.6. The maximum absolute atomic E-state index is 5.63. The van der Waals surface area contributed by atoms with Gasteiger partial charge in [0, 0.05) is 13.0 Å². The molecule has 0 amide bonds. The second kappa shape index (κ2) is 6.66. The Kier molecular flexibility index (Phi) is 7.36. The highest BCUT2D eigenvalue weighted by atomic mass is 35.5. The third kappa shape index (κ3) is 4.08. The van der Waals surface area contributed by atoms with Gasteiger partial charge in [-0.3, -0.25) is 0 Å². The van der Waals surface area contributed by atoms with Gasteiger partial charge in [0.05, 0.1) is 0 Å². The molecule has 0 saturated carbocycles. The van der Waals surface area contributed by atoms with Crippen molar-refractivity contribution >= 4 is 40.6 Å². The molecule has 5 heteroatoms. The van der Waals surface area contributed by atoms with E-state index in [4.69, 9.17) is 16.0 Å². The molecule has 0 aliphatic carbocycles. The number of alkyl halides is 1. The van der Waals surface area contributed by atoms with Gasteiger partial charge in [0.25, 0.3) is 0 Å². The third-order valence-electron chi connectivity index (χ3n) is 1.55. The Bertz CT molecular complexity index is 92.3. The molecule has 0 N–H and O–H groups in total. The summed E-state index contributed by atoms with van der Waals surface area (Å²) in [5.41, 5.74) is 0. The van der Waals surface area contributed by atoms with Gasteiger partial charge in [-0.15, -0.1) is 34.0 Å². The molecular weight excluding hydrogens is 216 g/mol. The number of rotatable bonds is 6. The van der Waals surface area contributed by atoms with Crippen LogP contribution in [0.15, 0.2) is 0 Å². The van der Waals surface area contributed by atoms with Gasteiger partial charge in [-0.05, 0) is 25.0 Å². The smallest absolute Gasteiger partial charge is 0.317 e. The molecule has 0 unspecified atom stereocenters. The van der Waals surface area contributed by atoms with E-state index in [1.54, 1.807) is 0 Å². The predicted molar refractivity (Wildman–Crippen MR) is 59.9 cm³/mol. The fourth-order valence-corrected chi connectivity index (χ4v) is 8.01. The maximum Gasteiger partial charge on any atom is 0.317 e. The molecular formula is C6H15ClOS2Si. The molecule has 0 saturated heterocycles. The summed E-state index contributed by atoms with van der Waals surface area (Å²) in [7, 11) is 1.81. The van der Waals surface area contributed by atoms with Crippen molar-refractivity contribution in [2.24, 2.45) is 0 Å². The van der Waals surface area contributed by atoms with Crippen LogP contribution in [0.3, 0.4) is 0 Å². The van der Waals surface area contributed by atoms with Gasteiger partial charge in [-0.1, -0.05) is 0 Å². The summed E-state index contributed by atoms with van der Waals surface area (Å²) in [6.45, 7) is -1.49. The zero-order chi connectivity index (χ0) is 8.74. The van der Waals surface area contributed by atoms with Crippen LogP contribution < -0.4 is 0 Å². The first-order chi connectivity index (χ1) is 5.24. The van der Waals surface area contributed by atoms with Crippen LogP contribution in [-0.2, 0) is 4.43 Å². The highest BCUT2D eigenvalue weighted by molar-refractivity contribution is 8.57. The van der Waals surface area contributed by atoms with Crippen molar-refractivity contribution in [3.05, 3.63) is 0 Å². The average Bonchev–Trinajstić information content (AvgIpc) is 2.08. The van der Waals surface area contributed by atoms with Crippen LogP contribution in [-0.4, -0.2) is 32.1 Å².